The number of hydrogen-bond acceptors (Lipinski definition) is 3. The molecule has 0 aliphatic heterocycles. The summed E-state index contributed by atoms with van der Waals surface area (Å²) >= 11 is 1.71. The van der Waals surface area contributed by atoms with E-state index in [1.165, 1.54) is 22.3 Å². The maximum Gasteiger partial charge on any atom is 0.251 e. The summed E-state index contributed by atoms with van der Waals surface area (Å²) in [6.07, 6.45) is 0. The molecule has 2 aromatic carbocycles. The lowest BCUT2D eigenvalue weighted by molar-refractivity contribution is 0.0963. The molecule has 0 atom stereocenters. The minimum Gasteiger partial charge on any atom is -0.355 e. The fourth-order valence-corrected chi connectivity index (χ4v) is 4.63. The molecule has 0 unspecified atom stereocenters. The number of thiophene rings is 1. The van der Waals surface area contributed by atoms with Gasteiger partial charge in [-0.3, -0.25) is 4.79 Å². The van der Waals surface area contributed by atoms with Crippen molar-refractivity contribution in [1.82, 2.24) is 14.9 Å². The van der Waals surface area contributed by atoms with Crippen LogP contribution in [0.25, 0.3) is 32.9 Å². The molecule has 0 radical (unpaired) electrons. The van der Waals surface area contributed by atoms with Crippen LogP contribution >= 0.6 is 11.3 Å². The van der Waals surface area contributed by atoms with Gasteiger partial charge in [-0.2, -0.15) is 0 Å². The number of carbonyl (C=O) groups excluding carboxylic acids is 1. The molecule has 4 aromatic rings. The molecule has 142 valence electrons. The first kappa shape index (κ1) is 18.4. The topological polar surface area (TPSA) is 46.9 Å². The Morgan fingerprint density at radius 1 is 1.11 bits per heavy atom. The van der Waals surface area contributed by atoms with Gasteiger partial charge in [0.15, 0.2) is 5.82 Å². The molecule has 0 saturated carbocycles. The predicted molar refractivity (Wildman–Crippen MR) is 117 cm³/mol. The van der Waals surface area contributed by atoms with Crippen molar-refractivity contribution in [1.29, 1.82) is 0 Å². The van der Waals surface area contributed by atoms with E-state index in [2.05, 4.69) is 60.3 Å². The molecular weight excluding hydrogens is 366 g/mol. The SMILES string of the molecule is CCn1c(-c2sccc2-c2ccc(C)cc2C)nc2cc(C(=O)NC)ccc21. The van der Waals surface area contributed by atoms with Gasteiger partial charge >= 0.3 is 0 Å². The summed E-state index contributed by atoms with van der Waals surface area (Å²) in [5.41, 5.74) is 7.49. The Morgan fingerprint density at radius 3 is 2.64 bits per heavy atom. The molecule has 1 N–H and O–H groups in total. The maximum absolute atomic E-state index is 12.0. The normalized spacial score (nSPS) is 11.1. The van der Waals surface area contributed by atoms with Gasteiger partial charge in [0.25, 0.3) is 5.91 Å². The van der Waals surface area contributed by atoms with E-state index in [-0.39, 0.29) is 5.91 Å². The van der Waals surface area contributed by atoms with Crippen molar-refractivity contribution in [2.24, 2.45) is 0 Å². The van der Waals surface area contributed by atoms with Crippen LogP contribution in [-0.2, 0) is 6.54 Å². The van der Waals surface area contributed by atoms with Crippen LogP contribution in [0, 0.1) is 13.8 Å². The second-order valence-electron chi connectivity index (χ2n) is 6.94. The third kappa shape index (κ3) is 3.02. The largest absolute Gasteiger partial charge is 0.355 e. The van der Waals surface area contributed by atoms with Crippen LogP contribution in [0.3, 0.4) is 0 Å². The van der Waals surface area contributed by atoms with Crippen LogP contribution in [0.2, 0.25) is 0 Å². The van der Waals surface area contributed by atoms with E-state index in [9.17, 15) is 4.79 Å². The van der Waals surface area contributed by atoms with Crippen molar-refractivity contribution in [3.8, 4) is 21.8 Å². The summed E-state index contributed by atoms with van der Waals surface area (Å²) in [7, 11) is 1.64. The number of hydrogen-bond donors (Lipinski definition) is 1. The van der Waals surface area contributed by atoms with E-state index in [1.807, 2.05) is 18.2 Å². The van der Waals surface area contributed by atoms with Crippen LogP contribution in [0.1, 0.15) is 28.4 Å². The number of imidazole rings is 1. The van der Waals surface area contributed by atoms with Crippen LogP contribution in [0.4, 0.5) is 0 Å². The molecule has 2 aromatic heterocycles. The van der Waals surface area contributed by atoms with Crippen molar-refractivity contribution >= 4 is 28.3 Å². The molecule has 5 heteroatoms. The lowest BCUT2D eigenvalue weighted by atomic mass is 9.99. The quantitative estimate of drug-likeness (QED) is 0.506. The monoisotopic (exact) mass is 389 g/mol. The van der Waals surface area contributed by atoms with Gasteiger partial charge in [0.1, 0.15) is 0 Å². The Bertz CT molecular complexity index is 1190. The molecule has 28 heavy (non-hydrogen) atoms. The average Bonchev–Trinajstić information content (AvgIpc) is 3.30. The van der Waals surface area contributed by atoms with Crippen LogP contribution in [0.15, 0.2) is 47.8 Å². The van der Waals surface area contributed by atoms with Gasteiger partial charge < -0.3 is 9.88 Å². The maximum atomic E-state index is 12.0. The van der Waals surface area contributed by atoms with E-state index in [1.54, 1.807) is 18.4 Å². The minimum absolute atomic E-state index is 0.0957. The van der Waals surface area contributed by atoms with E-state index < -0.39 is 0 Å². The fourth-order valence-electron chi connectivity index (χ4n) is 3.72. The molecule has 4 rings (SSSR count). The van der Waals surface area contributed by atoms with E-state index in [0.717, 1.165) is 28.3 Å². The number of nitrogens with one attached hydrogen (secondary N) is 1. The molecule has 0 bridgehead atoms. The highest BCUT2D eigenvalue weighted by molar-refractivity contribution is 7.14. The number of nitrogens with zero attached hydrogens (tertiary/aromatic N) is 2. The van der Waals surface area contributed by atoms with E-state index in [0.29, 0.717) is 5.56 Å². The number of rotatable bonds is 4. The van der Waals surface area contributed by atoms with Crippen molar-refractivity contribution in [2.45, 2.75) is 27.3 Å². The zero-order valence-electron chi connectivity index (χ0n) is 16.5. The van der Waals surface area contributed by atoms with E-state index >= 15 is 0 Å². The molecule has 0 aliphatic rings. The van der Waals surface area contributed by atoms with Gasteiger partial charge in [-0.15, -0.1) is 11.3 Å². The standard InChI is InChI=1S/C23H23N3OS/c1-5-26-20-9-7-16(23(27)24-4)13-19(20)25-22(26)21-18(10-11-28-21)17-8-6-14(2)12-15(17)3/h6-13H,5H2,1-4H3,(H,24,27). The second kappa shape index (κ2) is 7.24. The zero-order chi connectivity index (χ0) is 19.8. The summed E-state index contributed by atoms with van der Waals surface area (Å²) in [6.45, 7) is 7.21. The van der Waals surface area contributed by atoms with Gasteiger partial charge in [-0.05, 0) is 61.5 Å². The Kier molecular flexibility index (Phi) is 4.77. The highest BCUT2D eigenvalue weighted by Crippen LogP contribution is 2.39. The van der Waals surface area contributed by atoms with E-state index in [4.69, 9.17) is 4.98 Å². The van der Waals surface area contributed by atoms with Crippen LogP contribution in [-0.4, -0.2) is 22.5 Å². The number of amides is 1. The Morgan fingerprint density at radius 2 is 1.93 bits per heavy atom. The smallest absolute Gasteiger partial charge is 0.251 e. The fraction of sp³-hybridized carbons (Fsp3) is 0.217. The van der Waals surface area contributed by atoms with Gasteiger partial charge in [-0.1, -0.05) is 23.8 Å². The third-order valence-corrected chi connectivity index (χ3v) is 6.00. The lowest BCUT2D eigenvalue weighted by Crippen LogP contribution is -2.17. The summed E-state index contributed by atoms with van der Waals surface area (Å²) in [4.78, 5) is 18.1. The molecule has 0 aliphatic carbocycles. The third-order valence-electron chi connectivity index (χ3n) is 5.09. The molecule has 0 spiro atoms. The first-order chi connectivity index (χ1) is 13.5. The average molecular weight is 390 g/mol. The van der Waals surface area contributed by atoms with Crippen molar-refractivity contribution in [3.05, 3.63) is 64.5 Å². The number of benzene rings is 2. The van der Waals surface area contributed by atoms with Crippen LogP contribution < -0.4 is 5.32 Å². The van der Waals surface area contributed by atoms with Crippen molar-refractivity contribution in [2.75, 3.05) is 7.05 Å². The van der Waals surface area contributed by atoms with Gasteiger partial charge in [-0.25, -0.2) is 4.98 Å². The molecule has 4 nitrogen and oxygen atoms in total. The Hall–Kier alpha value is -2.92. The number of aryl methyl sites for hydroxylation is 3. The first-order valence-corrected chi connectivity index (χ1v) is 10.3. The first-order valence-electron chi connectivity index (χ1n) is 9.41. The predicted octanol–water partition coefficient (Wildman–Crippen LogP) is 5.43. The molecule has 0 fully saturated rings. The summed E-state index contributed by atoms with van der Waals surface area (Å²) in [5.74, 6) is 0.859. The highest BCUT2D eigenvalue weighted by atomic mass is 32.1. The van der Waals surface area contributed by atoms with Gasteiger partial charge in [0, 0.05) is 24.7 Å². The number of aromatic nitrogens is 2. The van der Waals surface area contributed by atoms with Gasteiger partial charge in [0.2, 0.25) is 0 Å². The number of fused-ring (bicyclic) bond motifs is 1. The lowest BCUT2D eigenvalue weighted by Gasteiger charge is -2.10. The summed E-state index contributed by atoms with van der Waals surface area (Å²) < 4.78 is 2.22. The summed E-state index contributed by atoms with van der Waals surface area (Å²) in [6, 6.07) is 14.5. The zero-order valence-corrected chi connectivity index (χ0v) is 17.4. The second-order valence-corrected chi connectivity index (χ2v) is 7.86. The van der Waals surface area contributed by atoms with Crippen molar-refractivity contribution in [3.63, 3.8) is 0 Å². The number of carbonyl (C=O) groups is 1. The molecule has 1 amide bonds. The van der Waals surface area contributed by atoms with Crippen LogP contribution in [0.5, 0.6) is 0 Å². The molecule has 0 saturated heterocycles. The summed E-state index contributed by atoms with van der Waals surface area (Å²) in [5, 5.41) is 4.80. The molecule has 2 heterocycles. The van der Waals surface area contributed by atoms with Crippen molar-refractivity contribution < 1.29 is 4.79 Å². The minimum atomic E-state index is -0.0957. The highest BCUT2D eigenvalue weighted by Gasteiger charge is 2.19. The molecular formula is C23H23N3OS. The Labute approximate surface area is 168 Å². The Balaban J connectivity index is 1.90. The van der Waals surface area contributed by atoms with Gasteiger partial charge in [0.05, 0.1) is 15.9 Å².